The van der Waals surface area contributed by atoms with E-state index in [2.05, 4.69) is 31.4 Å². The van der Waals surface area contributed by atoms with Crippen molar-refractivity contribution in [2.75, 3.05) is 6.54 Å². The predicted octanol–water partition coefficient (Wildman–Crippen LogP) is 3.03. The van der Waals surface area contributed by atoms with E-state index in [1.807, 2.05) is 0 Å². The molecule has 0 saturated heterocycles. The zero-order valence-electron chi connectivity index (χ0n) is 12.6. The third-order valence-electron chi connectivity index (χ3n) is 3.22. The smallest absolute Gasteiger partial charge is 0.354 e. The standard InChI is InChI=1S/C13H14BrClF3N5O/c1-8-11(15)12(13(16,17)18)21-23(8)4-2-10(24)19-3-5-22-7-9(14)6-20-22/h6-7H,2-5H2,1H3,(H,19,24). The van der Waals surface area contributed by atoms with Crippen LogP contribution in [-0.2, 0) is 24.1 Å². The van der Waals surface area contributed by atoms with Crippen LogP contribution in [-0.4, -0.2) is 32.0 Å². The molecular formula is C13H14BrClF3N5O. The normalized spacial score (nSPS) is 11.8. The molecule has 0 fully saturated rings. The highest BCUT2D eigenvalue weighted by molar-refractivity contribution is 9.10. The summed E-state index contributed by atoms with van der Waals surface area (Å²) in [6.07, 6.45) is -1.23. The highest BCUT2D eigenvalue weighted by Crippen LogP contribution is 2.35. The molecule has 2 aromatic rings. The molecule has 0 spiro atoms. The SMILES string of the molecule is Cc1c(Cl)c(C(F)(F)F)nn1CCC(=O)NCCn1cc(Br)cn1. The lowest BCUT2D eigenvalue weighted by Gasteiger charge is -2.07. The minimum atomic E-state index is -4.62. The largest absolute Gasteiger partial charge is 0.436 e. The summed E-state index contributed by atoms with van der Waals surface area (Å²) < 4.78 is 41.7. The predicted molar refractivity (Wildman–Crippen MR) is 84.5 cm³/mol. The van der Waals surface area contributed by atoms with E-state index in [-0.39, 0.29) is 24.6 Å². The van der Waals surface area contributed by atoms with Crippen molar-refractivity contribution in [2.45, 2.75) is 32.6 Å². The van der Waals surface area contributed by atoms with Gasteiger partial charge in [0.15, 0.2) is 5.69 Å². The molecule has 2 rings (SSSR count). The molecule has 132 valence electrons. The van der Waals surface area contributed by atoms with Gasteiger partial charge in [-0.3, -0.25) is 14.2 Å². The fourth-order valence-electron chi connectivity index (χ4n) is 1.99. The molecule has 0 aliphatic carbocycles. The van der Waals surface area contributed by atoms with E-state index in [0.29, 0.717) is 13.1 Å². The van der Waals surface area contributed by atoms with Gasteiger partial charge in [0.05, 0.1) is 34.5 Å². The van der Waals surface area contributed by atoms with Crippen molar-refractivity contribution in [2.24, 2.45) is 0 Å². The van der Waals surface area contributed by atoms with E-state index in [1.165, 1.54) is 6.92 Å². The molecule has 0 bridgehead atoms. The molecule has 0 aromatic carbocycles. The van der Waals surface area contributed by atoms with Gasteiger partial charge in [0, 0.05) is 19.2 Å². The summed E-state index contributed by atoms with van der Waals surface area (Å²) in [6.45, 7) is 2.29. The van der Waals surface area contributed by atoms with Crippen LogP contribution in [0, 0.1) is 6.92 Å². The lowest BCUT2D eigenvalue weighted by atomic mass is 10.3. The van der Waals surface area contributed by atoms with Crippen LogP contribution in [0.1, 0.15) is 17.8 Å². The summed E-state index contributed by atoms with van der Waals surface area (Å²) in [6, 6.07) is 0. The quantitative estimate of drug-likeness (QED) is 0.769. The van der Waals surface area contributed by atoms with Gasteiger partial charge >= 0.3 is 6.18 Å². The fraction of sp³-hybridized carbons (Fsp3) is 0.462. The van der Waals surface area contributed by atoms with Crippen molar-refractivity contribution in [1.82, 2.24) is 24.9 Å². The maximum absolute atomic E-state index is 12.7. The number of nitrogens with one attached hydrogen (secondary N) is 1. The second-order valence-corrected chi connectivity index (χ2v) is 6.28. The Labute approximate surface area is 149 Å². The van der Waals surface area contributed by atoms with Gasteiger partial charge in [-0.1, -0.05) is 11.6 Å². The van der Waals surface area contributed by atoms with Crippen molar-refractivity contribution < 1.29 is 18.0 Å². The number of hydrogen-bond donors (Lipinski definition) is 1. The number of rotatable bonds is 6. The summed E-state index contributed by atoms with van der Waals surface area (Å²) in [5.41, 5.74) is -0.954. The Morgan fingerprint density at radius 2 is 2.12 bits per heavy atom. The molecule has 6 nitrogen and oxygen atoms in total. The number of aromatic nitrogens is 4. The fourth-order valence-corrected chi connectivity index (χ4v) is 2.56. The zero-order chi connectivity index (χ0) is 17.9. The minimum Gasteiger partial charge on any atom is -0.354 e. The Bertz CT molecular complexity index is 728. The summed E-state index contributed by atoms with van der Waals surface area (Å²) in [5, 5.41) is 9.71. The molecule has 24 heavy (non-hydrogen) atoms. The summed E-state index contributed by atoms with van der Waals surface area (Å²) in [7, 11) is 0. The first-order valence-electron chi connectivity index (χ1n) is 6.93. The topological polar surface area (TPSA) is 64.7 Å². The molecule has 0 radical (unpaired) electrons. The van der Waals surface area contributed by atoms with Crippen LogP contribution in [0.3, 0.4) is 0 Å². The Morgan fingerprint density at radius 1 is 1.42 bits per heavy atom. The van der Waals surface area contributed by atoms with Crippen LogP contribution in [0.15, 0.2) is 16.9 Å². The van der Waals surface area contributed by atoms with E-state index in [1.54, 1.807) is 17.1 Å². The van der Waals surface area contributed by atoms with Crippen LogP contribution >= 0.6 is 27.5 Å². The summed E-state index contributed by atoms with van der Waals surface area (Å²) >= 11 is 8.91. The number of amides is 1. The highest BCUT2D eigenvalue weighted by Gasteiger charge is 2.38. The second-order valence-electron chi connectivity index (χ2n) is 4.99. The lowest BCUT2D eigenvalue weighted by Crippen LogP contribution is -2.28. The Balaban J connectivity index is 1.83. The van der Waals surface area contributed by atoms with Gasteiger partial charge in [0.1, 0.15) is 0 Å². The molecule has 0 aliphatic heterocycles. The van der Waals surface area contributed by atoms with Crippen molar-refractivity contribution >= 4 is 33.4 Å². The Hall–Kier alpha value is -1.55. The van der Waals surface area contributed by atoms with Gasteiger partial charge < -0.3 is 5.32 Å². The third-order valence-corrected chi connectivity index (χ3v) is 4.08. The molecule has 0 aliphatic rings. The van der Waals surface area contributed by atoms with Crippen LogP contribution < -0.4 is 5.32 Å². The molecule has 0 atom stereocenters. The minimum absolute atomic E-state index is 0.00104. The summed E-state index contributed by atoms with van der Waals surface area (Å²) in [5.74, 6) is -0.291. The number of alkyl halides is 3. The van der Waals surface area contributed by atoms with Crippen LogP contribution in [0.4, 0.5) is 13.2 Å². The number of nitrogens with zero attached hydrogens (tertiary/aromatic N) is 4. The number of carbonyl (C=O) groups is 1. The van der Waals surface area contributed by atoms with Crippen molar-refractivity contribution in [3.8, 4) is 0 Å². The first-order chi connectivity index (χ1) is 11.2. The van der Waals surface area contributed by atoms with E-state index < -0.39 is 16.9 Å². The van der Waals surface area contributed by atoms with E-state index in [9.17, 15) is 18.0 Å². The Kier molecular flexibility index (Phi) is 5.92. The summed E-state index contributed by atoms with van der Waals surface area (Å²) in [4.78, 5) is 11.8. The molecule has 2 heterocycles. The second kappa shape index (κ2) is 7.56. The molecule has 0 saturated carbocycles. The van der Waals surface area contributed by atoms with Gasteiger partial charge in [0.25, 0.3) is 0 Å². The molecule has 1 amide bonds. The first-order valence-corrected chi connectivity index (χ1v) is 8.10. The monoisotopic (exact) mass is 427 g/mol. The van der Waals surface area contributed by atoms with Crippen LogP contribution in [0.5, 0.6) is 0 Å². The molecule has 1 N–H and O–H groups in total. The zero-order valence-corrected chi connectivity index (χ0v) is 14.9. The van der Waals surface area contributed by atoms with E-state index >= 15 is 0 Å². The maximum Gasteiger partial charge on any atom is 0.436 e. The van der Waals surface area contributed by atoms with Crippen molar-refractivity contribution in [1.29, 1.82) is 0 Å². The van der Waals surface area contributed by atoms with Gasteiger partial charge in [-0.2, -0.15) is 23.4 Å². The molecule has 0 unspecified atom stereocenters. The van der Waals surface area contributed by atoms with Gasteiger partial charge in [0.2, 0.25) is 5.91 Å². The van der Waals surface area contributed by atoms with Crippen LogP contribution in [0.25, 0.3) is 0 Å². The Morgan fingerprint density at radius 3 is 2.67 bits per heavy atom. The number of aryl methyl sites for hydroxylation is 1. The number of halogens is 5. The first kappa shape index (κ1) is 18.8. The third kappa shape index (κ3) is 4.73. The van der Waals surface area contributed by atoms with Crippen molar-refractivity contribution in [3.05, 3.63) is 33.3 Å². The molecular weight excluding hydrogens is 415 g/mol. The average molecular weight is 429 g/mol. The number of hydrogen-bond acceptors (Lipinski definition) is 3. The van der Waals surface area contributed by atoms with Crippen molar-refractivity contribution in [3.63, 3.8) is 0 Å². The van der Waals surface area contributed by atoms with Crippen LogP contribution in [0.2, 0.25) is 5.02 Å². The molecule has 2 aromatic heterocycles. The van der Waals surface area contributed by atoms with Gasteiger partial charge in [-0.15, -0.1) is 0 Å². The van der Waals surface area contributed by atoms with Gasteiger partial charge in [-0.25, -0.2) is 0 Å². The molecule has 11 heteroatoms. The van der Waals surface area contributed by atoms with E-state index in [0.717, 1.165) is 9.15 Å². The maximum atomic E-state index is 12.7. The van der Waals surface area contributed by atoms with E-state index in [4.69, 9.17) is 11.6 Å². The van der Waals surface area contributed by atoms with Gasteiger partial charge in [-0.05, 0) is 22.9 Å². The number of carbonyl (C=O) groups excluding carboxylic acids is 1. The average Bonchev–Trinajstić information content (AvgIpc) is 3.02. The lowest BCUT2D eigenvalue weighted by molar-refractivity contribution is -0.141. The highest BCUT2D eigenvalue weighted by atomic mass is 79.9.